The normalized spacial score (nSPS) is 10.0. The van der Waals surface area contributed by atoms with E-state index < -0.39 is 0 Å². The maximum absolute atomic E-state index is 11.9. The van der Waals surface area contributed by atoms with Crippen molar-refractivity contribution in [2.75, 3.05) is 5.43 Å². The Balaban J connectivity index is 1.99. The molecule has 1 amide bonds. The number of anilines is 1. The van der Waals surface area contributed by atoms with Crippen molar-refractivity contribution in [3.63, 3.8) is 0 Å². The van der Waals surface area contributed by atoms with Crippen LogP contribution in [-0.2, 0) is 6.54 Å². The average molecular weight is 277 g/mol. The monoisotopic (exact) mass is 276 g/mol. The second kappa shape index (κ2) is 6.17. The minimum atomic E-state index is -0.257. The highest BCUT2D eigenvalue weighted by molar-refractivity contribution is 6.30. The third kappa shape index (κ3) is 3.67. The number of hydrazine groups is 1. The van der Waals surface area contributed by atoms with E-state index in [0.29, 0.717) is 23.1 Å². The smallest absolute Gasteiger partial charge is 0.270 e. The van der Waals surface area contributed by atoms with Crippen molar-refractivity contribution in [2.45, 2.75) is 6.54 Å². The largest absolute Gasteiger partial charge is 0.347 e. The molecule has 4 N–H and O–H groups in total. The third-order valence-corrected chi connectivity index (χ3v) is 2.75. The molecule has 0 radical (unpaired) electrons. The van der Waals surface area contributed by atoms with Gasteiger partial charge in [0.15, 0.2) is 0 Å². The number of pyridine rings is 1. The van der Waals surface area contributed by atoms with Gasteiger partial charge in [-0.3, -0.25) is 4.79 Å². The lowest BCUT2D eigenvalue weighted by molar-refractivity contribution is 0.0946. The molecular weight excluding hydrogens is 264 g/mol. The summed E-state index contributed by atoms with van der Waals surface area (Å²) < 4.78 is 0. The van der Waals surface area contributed by atoms with E-state index in [-0.39, 0.29) is 5.91 Å². The molecule has 2 aromatic rings. The maximum atomic E-state index is 11.9. The first-order valence-corrected chi connectivity index (χ1v) is 6.03. The Morgan fingerprint density at radius 2 is 1.95 bits per heavy atom. The Labute approximate surface area is 115 Å². The van der Waals surface area contributed by atoms with Gasteiger partial charge in [0, 0.05) is 11.6 Å². The van der Waals surface area contributed by atoms with Crippen molar-refractivity contribution >= 4 is 23.3 Å². The minimum Gasteiger partial charge on any atom is -0.347 e. The van der Waals surface area contributed by atoms with Gasteiger partial charge >= 0.3 is 0 Å². The number of benzene rings is 1. The van der Waals surface area contributed by atoms with Crippen LogP contribution in [0.4, 0.5) is 5.82 Å². The summed E-state index contributed by atoms with van der Waals surface area (Å²) in [6, 6.07) is 12.3. The topological polar surface area (TPSA) is 80.0 Å². The van der Waals surface area contributed by atoms with Crippen molar-refractivity contribution in [3.8, 4) is 0 Å². The molecule has 0 saturated carbocycles. The quantitative estimate of drug-likeness (QED) is 0.589. The summed E-state index contributed by atoms with van der Waals surface area (Å²) in [4.78, 5) is 15.9. The molecule has 0 unspecified atom stereocenters. The van der Waals surface area contributed by atoms with Crippen LogP contribution in [0.5, 0.6) is 0 Å². The van der Waals surface area contributed by atoms with E-state index in [1.807, 2.05) is 12.1 Å². The fourth-order valence-electron chi connectivity index (χ4n) is 1.52. The second-order valence-electron chi connectivity index (χ2n) is 3.86. The van der Waals surface area contributed by atoms with Crippen molar-refractivity contribution in [3.05, 3.63) is 58.7 Å². The Morgan fingerprint density at radius 3 is 2.63 bits per heavy atom. The standard InChI is InChI=1S/C13H13ClN4O/c14-10-6-4-9(5-7-10)8-16-13(19)11-2-1-3-12(17-11)18-15/h1-7H,8,15H2,(H,16,19)(H,17,18). The zero-order chi connectivity index (χ0) is 13.7. The molecule has 0 fully saturated rings. The van der Waals surface area contributed by atoms with Gasteiger partial charge in [-0.1, -0.05) is 29.8 Å². The summed E-state index contributed by atoms with van der Waals surface area (Å²) in [6.07, 6.45) is 0. The van der Waals surface area contributed by atoms with E-state index in [1.165, 1.54) is 0 Å². The zero-order valence-electron chi connectivity index (χ0n) is 10.1. The van der Waals surface area contributed by atoms with Gasteiger partial charge in [-0.15, -0.1) is 0 Å². The van der Waals surface area contributed by atoms with Gasteiger partial charge in [-0.2, -0.15) is 0 Å². The van der Waals surface area contributed by atoms with E-state index in [1.54, 1.807) is 30.3 Å². The molecule has 0 saturated heterocycles. The van der Waals surface area contributed by atoms with Crippen LogP contribution in [0.1, 0.15) is 16.1 Å². The highest BCUT2D eigenvalue weighted by Gasteiger charge is 2.07. The number of carbonyl (C=O) groups is 1. The fourth-order valence-corrected chi connectivity index (χ4v) is 1.64. The molecule has 0 aliphatic carbocycles. The number of nitrogens with one attached hydrogen (secondary N) is 2. The van der Waals surface area contributed by atoms with Crippen LogP contribution in [0, 0.1) is 0 Å². The number of halogens is 1. The molecule has 2 rings (SSSR count). The van der Waals surface area contributed by atoms with E-state index in [2.05, 4.69) is 15.7 Å². The number of rotatable bonds is 4. The number of carbonyl (C=O) groups excluding carboxylic acids is 1. The molecule has 6 heteroatoms. The van der Waals surface area contributed by atoms with Gasteiger partial charge in [-0.05, 0) is 29.8 Å². The van der Waals surface area contributed by atoms with Crippen LogP contribution < -0.4 is 16.6 Å². The minimum absolute atomic E-state index is 0.257. The summed E-state index contributed by atoms with van der Waals surface area (Å²) in [5, 5.41) is 3.44. The van der Waals surface area contributed by atoms with Crippen LogP contribution in [0.3, 0.4) is 0 Å². The van der Waals surface area contributed by atoms with E-state index in [0.717, 1.165) is 5.56 Å². The highest BCUT2D eigenvalue weighted by Crippen LogP contribution is 2.09. The number of hydrogen-bond donors (Lipinski definition) is 3. The van der Waals surface area contributed by atoms with Gasteiger partial charge in [-0.25, -0.2) is 10.8 Å². The Kier molecular flexibility index (Phi) is 4.33. The van der Waals surface area contributed by atoms with Crippen molar-refractivity contribution in [1.82, 2.24) is 10.3 Å². The van der Waals surface area contributed by atoms with Gasteiger partial charge in [0.1, 0.15) is 11.5 Å². The van der Waals surface area contributed by atoms with Crippen molar-refractivity contribution < 1.29 is 4.79 Å². The molecule has 0 aliphatic rings. The molecule has 0 spiro atoms. The predicted molar refractivity (Wildman–Crippen MR) is 74.7 cm³/mol. The van der Waals surface area contributed by atoms with Crippen molar-refractivity contribution in [1.29, 1.82) is 0 Å². The number of amides is 1. The molecule has 0 atom stereocenters. The summed E-state index contributed by atoms with van der Waals surface area (Å²) in [7, 11) is 0. The molecule has 5 nitrogen and oxygen atoms in total. The van der Waals surface area contributed by atoms with Crippen LogP contribution in [0.2, 0.25) is 5.02 Å². The number of nitrogen functional groups attached to an aromatic ring is 1. The van der Waals surface area contributed by atoms with Crippen LogP contribution >= 0.6 is 11.6 Å². The van der Waals surface area contributed by atoms with Crippen LogP contribution in [0.25, 0.3) is 0 Å². The Bertz CT molecular complexity index is 571. The number of nitrogens with two attached hydrogens (primary N) is 1. The molecule has 98 valence electrons. The lowest BCUT2D eigenvalue weighted by Gasteiger charge is -2.06. The third-order valence-electron chi connectivity index (χ3n) is 2.50. The number of hydrogen-bond acceptors (Lipinski definition) is 4. The van der Waals surface area contributed by atoms with Gasteiger partial charge in [0.05, 0.1) is 0 Å². The molecule has 0 bridgehead atoms. The predicted octanol–water partition coefficient (Wildman–Crippen LogP) is 1.95. The summed E-state index contributed by atoms with van der Waals surface area (Å²) in [5.74, 6) is 5.43. The first kappa shape index (κ1) is 13.3. The molecule has 1 aromatic heterocycles. The number of nitrogens with zero attached hydrogens (tertiary/aromatic N) is 1. The fraction of sp³-hybridized carbons (Fsp3) is 0.0769. The lowest BCUT2D eigenvalue weighted by Crippen LogP contribution is -2.24. The van der Waals surface area contributed by atoms with E-state index in [9.17, 15) is 4.79 Å². The van der Waals surface area contributed by atoms with Crippen LogP contribution in [-0.4, -0.2) is 10.9 Å². The number of aromatic nitrogens is 1. The molecule has 1 heterocycles. The van der Waals surface area contributed by atoms with Gasteiger partial charge in [0.25, 0.3) is 5.91 Å². The summed E-state index contributed by atoms with van der Waals surface area (Å²) in [5.41, 5.74) is 3.67. The van der Waals surface area contributed by atoms with Crippen molar-refractivity contribution in [2.24, 2.45) is 5.84 Å². The molecule has 0 aliphatic heterocycles. The average Bonchev–Trinajstić information content (AvgIpc) is 2.46. The lowest BCUT2D eigenvalue weighted by atomic mass is 10.2. The van der Waals surface area contributed by atoms with Gasteiger partial charge in [0.2, 0.25) is 0 Å². The molecule has 19 heavy (non-hydrogen) atoms. The maximum Gasteiger partial charge on any atom is 0.270 e. The molecular formula is C13H13ClN4O. The van der Waals surface area contributed by atoms with Crippen LogP contribution in [0.15, 0.2) is 42.5 Å². The Morgan fingerprint density at radius 1 is 1.21 bits per heavy atom. The second-order valence-corrected chi connectivity index (χ2v) is 4.30. The summed E-state index contributed by atoms with van der Waals surface area (Å²) >= 11 is 5.79. The molecule has 1 aromatic carbocycles. The summed E-state index contributed by atoms with van der Waals surface area (Å²) in [6.45, 7) is 0.415. The zero-order valence-corrected chi connectivity index (χ0v) is 10.8. The van der Waals surface area contributed by atoms with E-state index >= 15 is 0 Å². The van der Waals surface area contributed by atoms with Gasteiger partial charge < -0.3 is 10.7 Å². The highest BCUT2D eigenvalue weighted by atomic mass is 35.5. The first-order valence-electron chi connectivity index (χ1n) is 5.65. The Hall–Kier alpha value is -2.11. The SMILES string of the molecule is NNc1cccc(C(=O)NCc2ccc(Cl)cc2)n1. The van der Waals surface area contributed by atoms with E-state index in [4.69, 9.17) is 17.4 Å². The first-order chi connectivity index (χ1) is 9.19.